The quantitative estimate of drug-likeness (QED) is 0.575. The summed E-state index contributed by atoms with van der Waals surface area (Å²) < 4.78 is 12.3. The molecule has 0 aromatic heterocycles. The van der Waals surface area contributed by atoms with Gasteiger partial charge in [-0.25, -0.2) is 0 Å². The summed E-state index contributed by atoms with van der Waals surface area (Å²) in [5.41, 5.74) is 1.18. The fraction of sp³-hybridized carbons (Fsp3) is 0.350. The lowest BCUT2D eigenvalue weighted by Crippen LogP contribution is -2.16. The number of anilines is 1. The van der Waals surface area contributed by atoms with E-state index in [2.05, 4.69) is 28.2 Å². The second-order valence-corrected chi connectivity index (χ2v) is 6.91. The van der Waals surface area contributed by atoms with E-state index < -0.39 is 0 Å². The van der Waals surface area contributed by atoms with Crippen LogP contribution in [0.25, 0.3) is 0 Å². The molecular formula is C20H24BrNO3. The molecule has 0 spiro atoms. The summed E-state index contributed by atoms with van der Waals surface area (Å²) in [4.78, 5) is 12.7. The van der Waals surface area contributed by atoms with Crippen molar-refractivity contribution in [3.05, 3.63) is 52.5 Å². The summed E-state index contributed by atoms with van der Waals surface area (Å²) >= 11 is 3.41. The standard InChI is InChI=1S/C20H24BrNO3/c1-4-5-11-24-17-8-6-7-16(13-17)22-20(23)18-12-15(21)9-10-19(18)25-14(2)3/h6-10,12-14H,4-5,11H2,1-3H3,(H,22,23). The van der Waals surface area contributed by atoms with Gasteiger partial charge in [0.1, 0.15) is 11.5 Å². The van der Waals surface area contributed by atoms with Crippen LogP contribution < -0.4 is 14.8 Å². The van der Waals surface area contributed by atoms with E-state index in [9.17, 15) is 4.79 Å². The normalized spacial score (nSPS) is 10.6. The summed E-state index contributed by atoms with van der Waals surface area (Å²) in [6, 6.07) is 12.8. The van der Waals surface area contributed by atoms with E-state index in [1.165, 1.54) is 0 Å². The average Bonchev–Trinajstić information content (AvgIpc) is 2.56. The molecule has 1 N–H and O–H groups in total. The Labute approximate surface area is 157 Å². The first-order valence-corrected chi connectivity index (χ1v) is 9.29. The summed E-state index contributed by atoms with van der Waals surface area (Å²) in [6.45, 7) is 6.66. The van der Waals surface area contributed by atoms with Crippen LogP contribution in [0.3, 0.4) is 0 Å². The highest BCUT2D eigenvalue weighted by atomic mass is 79.9. The SMILES string of the molecule is CCCCOc1cccc(NC(=O)c2cc(Br)ccc2OC(C)C)c1. The molecule has 0 aliphatic carbocycles. The van der Waals surface area contributed by atoms with Crippen LogP contribution in [0, 0.1) is 0 Å². The van der Waals surface area contributed by atoms with Gasteiger partial charge in [0.05, 0.1) is 18.3 Å². The Kier molecular flexibility index (Phi) is 7.31. The molecule has 0 aliphatic heterocycles. The number of ether oxygens (including phenoxy) is 2. The number of hydrogen-bond acceptors (Lipinski definition) is 3. The third-order valence-corrected chi connectivity index (χ3v) is 3.90. The van der Waals surface area contributed by atoms with Crippen molar-refractivity contribution in [1.29, 1.82) is 0 Å². The van der Waals surface area contributed by atoms with Crippen LogP contribution in [0.1, 0.15) is 44.0 Å². The minimum atomic E-state index is -0.220. The molecule has 134 valence electrons. The highest BCUT2D eigenvalue weighted by molar-refractivity contribution is 9.10. The van der Waals surface area contributed by atoms with E-state index >= 15 is 0 Å². The predicted molar refractivity (Wildman–Crippen MR) is 105 cm³/mol. The molecule has 0 unspecified atom stereocenters. The topological polar surface area (TPSA) is 47.6 Å². The van der Waals surface area contributed by atoms with Crippen LogP contribution in [0.15, 0.2) is 46.9 Å². The number of amides is 1. The minimum Gasteiger partial charge on any atom is -0.494 e. The molecule has 4 nitrogen and oxygen atoms in total. The van der Waals surface area contributed by atoms with E-state index in [0.29, 0.717) is 23.6 Å². The van der Waals surface area contributed by atoms with Crippen molar-refractivity contribution in [2.24, 2.45) is 0 Å². The Hall–Kier alpha value is -2.01. The van der Waals surface area contributed by atoms with Crippen LogP contribution >= 0.6 is 15.9 Å². The zero-order chi connectivity index (χ0) is 18.2. The van der Waals surface area contributed by atoms with E-state index in [-0.39, 0.29) is 12.0 Å². The Morgan fingerprint density at radius 2 is 2.00 bits per heavy atom. The van der Waals surface area contributed by atoms with Gasteiger partial charge in [-0.05, 0) is 50.6 Å². The first kappa shape index (κ1) is 19.3. The number of carbonyl (C=O) groups is 1. The highest BCUT2D eigenvalue weighted by Gasteiger charge is 2.15. The van der Waals surface area contributed by atoms with Crippen LogP contribution in [0.2, 0.25) is 0 Å². The maximum absolute atomic E-state index is 12.7. The number of unbranched alkanes of at least 4 members (excludes halogenated alkanes) is 1. The maximum atomic E-state index is 12.7. The van der Waals surface area contributed by atoms with Crippen molar-refractivity contribution >= 4 is 27.5 Å². The molecule has 2 aromatic carbocycles. The highest BCUT2D eigenvalue weighted by Crippen LogP contribution is 2.26. The molecule has 0 radical (unpaired) electrons. The average molecular weight is 406 g/mol. The van der Waals surface area contributed by atoms with E-state index in [4.69, 9.17) is 9.47 Å². The minimum absolute atomic E-state index is 0.0111. The zero-order valence-electron chi connectivity index (χ0n) is 14.8. The van der Waals surface area contributed by atoms with E-state index in [0.717, 1.165) is 23.1 Å². The van der Waals surface area contributed by atoms with E-state index in [1.54, 1.807) is 12.1 Å². The molecule has 0 heterocycles. The number of benzene rings is 2. The molecule has 0 atom stereocenters. The lowest BCUT2D eigenvalue weighted by atomic mass is 10.1. The van der Waals surface area contributed by atoms with Gasteiger partial charge in [0, 0.05) is 16.2 Å². The van der Waals surface area contributed by atoms with E-state index in [1.807, 2.05) is 44.2 Å². The fourth-order valence-corrected chi connectivity index (χ4v) is 2.59. The van der Waals surface area contributed by atoms with Crippen LogP contribution in [0.4, 0.5) is 5.69 Å². The second-order valence-electron chi connectivity index (χ2n) is 5.99. The van der Waals surface area contributed by atoms with Crippen molar-refractivity contribution in [2.75, 3.05) is 11.9 Å². The molecule has 2 aromatic rings. The summed E-state index contributed by atoms with van der Waals surface area (Å²) in [6.07, 6.45) is 2.07. The third kappa shape index (κ3) is 6.09. The monoisotopic (exact) mass is 405 g/mol. The second kappa shape index (κ2) is 9.47. The van der Waals surface area contributed by atoms with Crippen LogP contribution in [0.5, 0.6) is 11.5 Å². The molecule has 0 fully saturated rings. The van der Waals surface area contributed by atoms with Gasteiger partial charge in [0.2, 0.25) is 0 Å². The summed E-state index contributed by atoms with van der Waals surface area (Å²) in [5, 5.41) is 2.91. The van der Waals surface area contributed by atoms with Crippen molar-refractivity contribution in [2.45, 2.75) is 39.7 Å². The van der Waals surface area contributed by atoms with Gasteiger partial charge < -0.3 is 14.8 Å². The Morgan fingerprint density at radius 1 is 1.20 bits per heavy atom. The zero-order valence-corrected chi connectivity index (χ0v) is 16.4. The molecular weight excluding hydrogens is 382 g/mol. The number of carbonyl (C=O) groups excluding carboxylic acids is 1. The molecule has 1 amide bonds. The molecule has 5 heteroatoms. The van der Waals surface area contributed by atoms with Gasteiger partial charge in [-0.3, -0.25) is 4.79 Å². The third-order valence-electron chi connectivity index (χ3n) is 3.41. The van der Waals surface area contributed by atoms with Crippen LogP contribution in [-0.4, -0.2) is 18.6 Å². The lowest BCUT2D eigenvalue weighted by Gasteiger charge is -2.15. The molecule has 2 rings (SSSR count). The molecule has 0 saturated carbocycles. The van der Waals surface area contributed by atoms with Crippen LogP contribution in [-0.2, 0) is 0 Å². The first-order valence-electron chi connectivity index (χ1n) is 8.50. The summed E-state index contributed by atoms with van der Waals surface area (Å²) in [5.74, 6) is 1.09. The van der Waals surface area contributed by atoms with Gasteiger partial charge in [-0.1, -0.05) is 35.3 Å². The number of nitrogens with one attached hydrogen (secondary N) is 1. The smallest absolute Gasteiger partial charge is 0.259 e. The van der Waals surface area contributed by atoms with Crippen molar-refractivity contribution in [1.82, 2.24) is 0 Å². The lowest BCUT2D eigenvalue weighted by molar-refractivity contribution is 0.102. The molecule has 0 aliphatic rings. The Morgan fingerprint density at radius 3 is 2.72 bits per heavy atom. The largest absolute Gasteiger partial charge is 0.494 e. The Bertz CT molecular complexity index is 716. The van der Waals surface area contributed by atoms with Crippen molar-refractivity contribution < 1.29 is 14.3 Å². The van der Waals surface area contributed by atoms with Gasteiger partial charge >= 0.3 is 0 Å². The van der Waals surface area contributed by atoms with Gasteiger partial charge in [0.15, 0.2) is 0 Å². The van der Waals surface area contributed by atoms with Crippen molar-refractivity contribution in [3.8, 4) is 11.5 Å². The summed E-state index contributed by atoms with van der Waals surface area (Å²) in [7, 11) is 0. The number of rotatable bonds is 8. The maximum Gasteiger partial charge on any atom is 0.259 e. The molecule has 25 heavy (non-hydrogen) atoms. The predicted octanol–water partition coefficient (Wildman–Crippen LogP) is 5.67. The van der Waals surface area contributed by atoms with Gasteiger partial charge in [-0.2, -0.15) is 0 Å². The van der Waals surface area contributed by atoms with Gasteiger partial charge in [0.25, 0.3) is 5.91 Å². The Balaban J connectivity index is 2.14. The number of halogens is 1. The van der Waals surface area contributed by atoms with Crippen molar-refractivity contribution in [3.63, 3.8) is 0 Å². The number of hydrogen-bond donors (Lipinski definition) is 1. The molecule has 0 bridgehead atoms. The van der Waals surface area contributed by atoms with Gasteiger partial charge in [-0.15, -0.1) is 0 Å². The fourth-order valence-electron chi connectivity index (χ4n) is 2.23. The first-order chi connectivity index (χ1) is 12.0. The molecule has 0 saturated heterocycles.